The molecule has 0 amide bonds. The first-order valence-corrected chi connectivity index (χ1v) is 21.4. The van der Waals surface area contributed by atoms with Gasteiger partial charge in [0.1, 0.15) is 0 Å². The summed E-state index contributed by atoms with van der Waals surface area (Å²) in [6, 6.07) is 63.8. The smallest absolute Gasteiger partial charge is 0.0547 e. The van der Waals surface area contributed by atoms with Gasteiger partial charge in [0.25, 0.3) is 0 Å². The summed E-state index contributed by atoms with van der Waals surface area (Å²) in [5.41, 5.74) is 10.3. The van der Waals surface area contributed by atoms with Crippen molar-refractivity contribution in [2.24, 2.45) is 0 Å². The molecule has 0 saturated heterocycles. The van der Waals surface area contributed by atoms with Crippen molar-refractivity contribution in [3.05, 3.63) is 199 Å². The first kappa shape index (κ1) is 31.8. The lowest BCUT2D eigenvalue weighted by Crippen LogP contribution is -2.13. The maximum absolute atomic E-state index is 2.54. The molecule has 11 aromatic rings. The van der Waals surface area contributed by atoms with Gasteiger partial charge in [0.05, 0.1) is 16.7 Å². The van der Waals surface area contributed by atoms with Crippen LogP contribution in [0.2, 0.25) is 0 Å². The number of aromatic nitrogens is 1. The third kappa shape index (κ3) is 4.58. The number of hydrogen-bond acceptors (Lipinski definition) is 2. The second-order valence-electron chi connectivity index (χ2n) is 15.5. The minimum Gasteiger partial charge on any atom is -0.309 e. The molecule has 3 heterocycles. The number of thioether (sulfide) groups is 1. The van der Waals surface area contributed by atoms with Crippen LogP contribution >= 0.6 is 23.1 Å². The average Bonchev–Trinajstić information content (AvgIpc) is 3.95. The standard InChI is InChI=1S/C54H33NS2/c1-2-12-35-32(11-1)23-26-39-38-13-3-4-14-40(38)50(31-45(35)39)55-48-27-24-33(36-17-9-19-43-41-15-5-7-21-51(41)56-53(36)43)29-46(48)47-30-34(25-28-49(47)55)37-18-10-20-44-42-16-6-8-22-52(42)57-54(37)44/h1-31,43,53H. The van der Waals surface area contributed by atoms with Crippen molar-refractivity contribution < 1.29 is 0 Å². The molecular weight excluding hydrogens is 727 g/mol. The van der Waals surface area contributed by atoms with Crippen LogP contribution in [0.3, 0.4) is 0 Å². The fourth-order valence-corrected chi connectivity index (χ4v) is 12.7. The summed E-state index contributed by atoms with van der Waals surface area (Å²) in [6.07, 6.45) is 7.03. The largest absolute Gasteiger partial charge is 0.309 e. The Bertz CT molecular complexity index is 3580. The van der Waals surface area contributed by atoms with Crippen LogP contribution in [-0.2, 0) is 0 Å². The highest BCUT2D eigenvalue weighted by molar-refractivity contribution is 8.00. The van der Waals surface area contributed by atoms with Gasteiger partial charge in [0.15, 0.2) is 0 Å². The second kappa shape index (κ2) is 12.1. The number of hydrogen-bond donors (Lipinski definition) is 0. The fourth-order valence-electron chi connectivity index (χ4n) is 9.96. The van der Waals surface area contributed by atoms with Crippen molar-refractivity contribution in [1.29, 1.82) is 0 Å². The Morgan fingerprint density at radius 1 is 0.474 bits per heavy atom. The van der Waals surface area contributed by atoms with Crippen molar-refractivity contribution >= 4 is 103 Å². The summed E-state index contributed by atoms with van der Waals surface area (Å²) in [4.78, 5) is 1.40. The highest BCUT2D eigenvalue weighted by Crippen LogP contribution is 2.53. The Morgan fingerprint density at radius 2 is 1.18 bits per heavy atom. The van der Waals surface area contributed by atoms with Crippen LogP contribution in [0.25, 0.3) is 96.7 Å². The summed E-state index contributed by atoms with van der Waals surface area (Å²) in [5.74, 6) is 0.385. The number of benzene rings is 9. The van der Waals surface area contributed by atoms with Gasteiger partial charge in [-0.25, -0.2) is 0 Å². The third-order valence-electron chi connectivity index (χ3n) is 12.6. The molecule has 1 aliphatic carbocycles. The van der Waals surface area contributed by atoms with Crippen LogP contribution in [0.4, 0.5) is 0 Å². The Morgan fingerprint density at radius 3 is 2.07 bits per heavy atom. The first-order chi connectivity index (χ1) is 28.3. The summed E-state index contributed by atoms with van der Waals surface area (Å²) in [5, 5.41) is 13.2. The Hall–Kier alpha value is -6.39. The van der Waals surface area contributed by atoms with Crippen LogP contribution in [-0.4, -0.2) is 9.82 Å². The van der Waals surface area contributed by atoms with Gasteiger partial charge in [-0.3, -0.25) is 0 Å². The lowest BCUT2D eigenvalue weighted by molar-refractivity contribution is 0.893. The van der Waals surface area contributed by atoms with Crippen molar-refractivity contribution in [2.75, 3.05) is 0 Å². The summed E-state index contributed by atoms with van der Waals surface area (Å²) < 4.78 is 5.22. The molecule has 0 radical (unpaired) electrons. The molecule has 2 atom stereocenters. The van der Waals surface area contributed by atoms with Crippen molar-refractivity contribution in [3.63, 3.8) is 0 Å². The molecular formula is C54H33NS2. The van der Waals surface area contributed by atoms with Crippen molar-refractivity contribution in [1.82, 2.24) is 4.57 Å². The zero-order valence-corrected chi connectivity index (χ0v) is 32.4. The van der Waals surface area contributed by atoms with Crippen molar-refractivity contribution in [3.8, 4) is 16.8 Å². The molecule has 0 bridgehead atoms. The van der Waals surface area contributed by atoms with Gasteiger partial charge in [-0.05, 0) is 97.2 Å². The fraction of sp³-hybridized carbons (Fsp3) is 0.0370. The highest BCUT2D eigenvalue weighted by Gasteiger charge is 2.36. The topological polar surface area (TPSA) is 4.93 Å². The zero-order chi connectivity index (χ0) is 37.2. The predicted octanol–water partition coefficient (Wildman–Crippen LogP) is 15.5. The Balaban J connectivity index is 1.09. The van der Waals surface area contributed by atoms with E-state index in [2.05, 4.69) is 193 Å². The summed E-state index contributed by atoms with van der Waals surface area (Å²) in [7, 11) is 0. The quantitative estimate of drug-likeness (QED) is 0.162. The van der Waals surface area contributed by atoms with Gasteiger partial charge in [-0.1, -0.05) is 146 Å². The van der Waals surface area contributed by atoms with Gasteiger partial charge < -0.3 is 4.57 Å². The maximum Gasteiger partial charge on any atom is 0.0547 e. The molecule has 3 heteroatoms. The molecule has 1 nitrogen and oxygen atoms in total. The molecule has 13 rings (SSSR count). The van der Waals surface area contributed by atoms with E-state index in [1.165, 1.54) is 113 Å². The molecule has 9 aromatic carbocycles. The Labute approximate surface area is 337 Å². The Kier molecular flexibility index (Phi) is 6.72. The van der Waals surface area contributed by atoms with Gasteiger partial charge >= 0.3 is 0 Å². The van der Waals surface area contributed by atoms with E-state index in [9.17, 15) is 0 Å². The van der Waals surface area contributed by atoms with Crippen LogP contribution in [0, 0.1) is 0 Å². The van der Waals surface area contributed by atoms with E-state index in [1.807, 2.05) is 23.1 Å². The van der Waals surface area contributed by atoms with Gasteiger partial charge in [0, 0.05) is 52.4 Å². The minimum atomic E-state index is 0.358. The molecule has 0 fully saturated rings. The van der Waals surface area contributed by atoms with Crippen LogP contribution in [0.1, 0.15) is 17.0 Å². The zero-order valence-electron chi connectivity index (χ0n) is 30.8. The predicted molar refractivity (Wildman–Crippen MR) is 248 cm³/mol. The van der Waals surface area contributed by atoms with Gasteiger partial charge in [-0.2, -0.15) is 0 Å². The van der Waals surface area contributed by atoms with Crippen LogP contribution in [0.5, 0.6) is 0 Å². The SMILES string of the molecule is C1=CC2c3ccccc3SC2C(c2ccc3c(c2)c2cc(-c4cccc5c4sc4ccccc45)ccc2n3-c2cc3c4ccccc4ccc3c3ccccc23)=C1. The lowest BCUT2D eigenvalue weighted by Gasteiger charge is -2.23. The van der Waals surface area contributed by atoms with E-state index < -0.39 is 0 Å². The highest BCUT2D eigenvalue weighted by atomic mass is 32.2. The molecule has 2 unspecified atom stereocenters. The van der Waals surface area contributed by atoms with E-state index >= 15 is 0 Å². The second-order valence-corrected chi connectivity index (χ2v) is 17.7. The van der Waals surface area contributed by atoms with Gasteiger partial charge in [-0.15, -0.1) is 23.1 Å². The third-order valence-corrected chi connectivity index (χ3v) is 15.2. The normalized spacial score (nSPS) is 16.4. The summed E-state index contributed by atoms with van der Waals surface area (Å²) >= 11 is 3.92. The molecule has 0 saturated carbocycles. The van der Waals surface area contributed by atoms with E-state index in [4.69, 9.17) is 0 Å². The van der Waals surface area contributed by atoms with E-state index in [0.717, 1.165) is 0 Å². The molecule has 1 aliphatic heterocycles. The minimum absolute atomic E-state index is 0.358. The van der Waals surface area contributed by atoms with Gasteiger partial charge in [0.2, 0.25) is 0 Å². The molecule has 2 aliphatic rings. The average molecular weight is 760 g/mol. The van der Waals surface area contributed by atoms with Crippen LogP contribution < -0.4 is 0 Å². The monoisotopic (exact) mass is 759 g/mol. The molecule has 0 spiro atoms. The molecule has 266 valence electrons. The number of thiophene rings is 1. The number of allylic oxidation sites excluding steroid dienone is 3. The lowest BCUT2D eigenvalue weighted by atomic mass is 9.85. The van der Waals surface area contributed by atoms with Crippen LogP contribution in [0.15, 0.2) is 193 Å². The number of rotatable bonds is 3. The molecule has 0 N–H and O–H groups in total. The molecule has 57 heavy (non-hydrogen) atoms. The van der Waals surface area contributed by atoms with E-state index in [0.29, 0.717) is 11.2 Å². The number of nitrogens with zero attached hydrogens (tertiary/aromatic N) is 1. The van der Waals surface area contributed by atoms with E-state index in [1.54, 1.807) is 0 Å². The van der Waals surface area contributed by atoms with Crippen molar-refractivity contribution in [2.45, 2.75) is 16.1 Å². The maximum atomic E-state index is 2.54. The first-order valence-electron chi connectivity index (χ1n) is 19.7. The number of fused-ring (bicyclic) bond motifs is 14. The molecule has 2 aromatic heterocycles. The van der Waals surface area contributed by atoms with E-state index in [-0.39, 0.29) is 0 Å². The summed E-state index contributed by atoms with van der Waals surface area (Å²) in [6.45, 7) is 0.